The summed E-state index contributed by atoms with van der Waals surface area (Å²) in [4.78, 5) is 11.5. The van der Waals surface area contributed by atoms with Gasteiger partial charge in [0.25, 0.3) is 0 Å². The van der Waals surface area contributed by atoms with Gasteiger partial charge in [0.05, 0.1) is 0 Å². The lowest BCUT2D eigenvalue weighted by Crippen LogP contribution is -2.06. The van der Waals surface area contributed by atoms with E-state index in [1.807, 2.05) is 48.8 Å². The van der Waals surface area contributed by atoms with Gasteiger partial charge in [0, 0.05) is 16.9 Å². The van der Waals surface area contributed by atoms with Gasteiger partial charge in [0.2, 0.25) is 6.29 Å². The van der Waals surface area contributed by atoms with Crippen molar-refractivity contribution in [2.45, 2.75) is 6.42 Å². The van der Waals surface area contributed by atoms with Gasteiger partial charge < -0.3 is 0 Å². The normalized spacial score (nSPS) is 15.6. The molecular formula is C13H9OS. The van der Waals surface area contributed by atoms with E-state index in [4.69, 9.17) is 12.2 Å². The minimum absolute atomic E-state index is 0.527. The molecule has 0 N–H and O–H groups in total. The zero-order valence-electron chi connectivity index (χ0n) is 8.07. The smallest absolute Gasteiger partial charge is 0.235 e. The molecule has 2 rings (SSSR count). The molecule has 0 amide bonds. The van der Waals surface area contributed by atoms with Gasteiger partial charge in [0.15, 0.2) is 0 Å². The van der Waals surface area contributed by atoms with Gasteiger partial charge in [-0.25, -0.2) is 0 Å². The first kappa shape index (κ1) is 9.99. The van der Waals surface area contributed by atoms with Gasteiger partial charge in [-0.1, -0.05) is 54.7 Å². The molecule has 1 aliphatic carbocycles. The van der Waals surface area contributed by atoms with E-state index >= 15 is 0 Å². The molecule has 73 valence electrons. The second-order valence-corrected chi connectivity index (χ2v) is 3.78. The van der Waals surface area contributed by atoms with Crippen molar-refractivity contribution in [3.8, 4) is 0 Å². The summed E-state index contributed by atoms with van der Waals surface area (Å²) in [6.07, 6.45) is 6.52. The fourth-order valence-corrected chi connectivity index (χ4v) is 1.84. The molecule has 0 aromatic heterocycles. The number of allylic oxidation sites excluding steroid dienone is 4. The predicted octanol–water partition coefficient (Wildman–Crippen LogP) is 2.88. The Balaban J connectivity index is 2.55. The Hall–Kier alpha value is -1.54. The van der Waals surface area contributed by atoms with Crippen LogP contribution in [0.3, 0.4) is 0 Å². The topological polar surface area (TPSA) is 17.1 Å². The van der Waals surface area contributed by atoms with Crippen molar-refractivity contribution in [3.63, 3.8) is 0 Å². The summed E-state index contributed by atoms with van der Waals surface area (Å²) in [7, 11) is 0. The highest BCUT2D eigenvalue weighted by Gasteiger charge is 2.14. The third-order valence-electron chi connectivity index (χ3n) is 2.32. The quantitative estimate of drug-likeness (QED) is 0.703. The minimum Gasteiger partial charge on any atom is -0.285 e. The van der Waals surface area contributed by atoms with Crippen LogP contribution in [0.2, 0.25) is 0 Å². The van der Waals surface area contributed by atoms with Crippen LogP contribution < -0.4 is 0 Å². The first-order valence-electron chi connectivity index (χ1n) is 4.70. The highest BCUT2D eigenvalue weighted by molar-refractivity contribution is 7.81. The minimum atomic E-state index is 0.527. The van der Waals surface area contributed by atoms with E-state index in [1.165, 1.54) is 0 Å². The molecule has 1 nitrogen and oxygen atoms in total. The van der Waals surface area contributed by atoms with Crippen LogP contribution in [0.15, 0.2) is 48.1 Å². The third kappa shape index (κ3) is 1.95. The van der Waals surface area contributed by atoms with Gasteiger partial charge in [-0.05, 0) is 11.1 Å². The fraction of sp³-hybridized carbons (Fsp3) is 0.0769. The Morgan fingerprint density at radius 1 is 1.20 bits per heavy atom. The molecule has 0 aliphatic heterocycles. The standard InChI is InChI=1S/C13H9OS/c14-9-12-11(7-4-8-13(12)15)10-5-2-1-3-6-10/h1-7H,8H2. The highest BCUT2D eigenvalue weighted by Crippen LogP contribution is 2.24. The van der Waals surface area contributed by atoms with Crippen LogP contribution >= 0.6 is 12.2 Å². The monoisotopic (exact) mass is 213 g/mol. The molecule has 1 radical (unpaired) electrons. The second kappa shape index (κ2) is 4.32. The second-order valence-electron chi connectivity index (χ2n) is 3.29. The van der Waals surface area contributed by atoms with E-state index in [2.05, 4.69) is 0 Å². The number of hydrogen-bond acceptors (Lipinski definition) is 2. The maximum atomic E-state index is 10.8. The van der Waals surface area contributed by atoms with Crippen LogP contribution in [0.1, 0.15) is 12.0 Å². The van der Waals surface area contributed by atoms with E-state index in [1.54, 1.807) is 0 Å². The Bertz CT molecular complexity index is 455. The molecule has 0 unspecified atom stereocenters. The van der Waals surface area contributed by atoms with Crippen molar-refractivity contribution in [2.24, 2.45) is 0 Å². The van der Waals surface area contributed by atoms with Crippen LogP contribution in [-0.4, -0.2) is 11.2 Å². The largest absolute Gasteiger partial charge is 0.285 e. The molecule has 0 heterocycles. The van der Waals surface area contributed by atoms with Crippen molar-refractivity contribution in [1.82, 2.24) is 0 Å². The highest BCUT2D eigenvalue weighted by atomic mass is 32.1. The molecule has 1 aliphatic rings. The predicted molar refractivity (Wildman–Crippen MR) is 65.4 cm³/mol. The molecule has 1 aromatic carbocycles. The first-order valence-corrected chi connectivity index (χ1v) is 5.11. The zero-order chi connectivity index (χ0) is 10.7. The molecule has 0 bridgehead atoms. The summed E-state index contributed by atoms with van der Waals surface area (Å²) in [6.45, 7) is 0. The maximum Gasteiger partial charge on any atom is 0.235 e. The SMILES string of the molecule is O=[C]C1=C(c2ccccc2)C=CCC1=S. The molecule has 0 atom stereocenters. The van der Waals surface area contributed by atoms with E-state index < -0.39 is 0 Å². The number of hydrogen-bond donors (Lipinski definition) is 0. The van der Waals surface area contributed by atoms with E-state index in [0.29, 0.717) is 16.9 Å². The van der Waals surface area contributed by atoms with Crippen LogP contribution in [0.25, 0.3) is 5.57 Å². The Kier molecular flexibility index (Phi) is 2.88. The van der Waals surface area contributed by atoms with Crippen LogP contribution in [0.4, 0.5) is 0 Å². The molecule has 2 heteroatoms. The van der Waals surface area contributed by atoms with Crippen LogP contribution in [0.5, 0.6) is 0 Å². The fourth-order valence-electron chi connectivity index (χ4n) is 1.59. The summed E-state index contributed by atoms with van der Waals surface area (Å²) in [5.74, 6) is 0. The molecule has 0 fully saturated rings. The van der Waals surface area contributed by atoms with Gasteiger partial charge in [-0.3, -0.25) is 4.79 Å². The maximum absolute atomic E-state index is 10.8. The van der Waals surface area contributed by atoms with E-state index in [9.17, 15) is 4.79 Å². The summed E-state index contributed by atoms with van der Waals surface area (Å²) in [5, 5.41) is 0. The number of rotatable bonds is 2. The molecule has 0 saturated carbocycles. The third-order valence-corrected chi connectivity index (χ3v) is 2.69. The molecule has 15 heavy (non-hydrogen) atoms. The van der Waals surface area contributed by atoms with Gasteiger partial charge in [0.1, 0.15) is 0 Å². The number of carbonyl (C=O) groups excluding carboxylic acids is 1. The summed E-state index contributed by atoms with van der Waals surface area (Å²) < 4.78 is 0. The van der Waals surface area contributed by atoms with Crippen molar-refractivity contribution >= 4 is 28.9 Å². The first-order chi connectivity index (χ1) is 7.33. The molecule has 0 saturated heterocycles. The summed E-state index contributed by atoms with van der Waals surface area (Å²) in [6, 6.07) is 9.75. The summed E-state index contributed by atoms with van der Waals surface area (Å²) >= 11 is 5.13. The lowest BCUT2D eigenvalue weighted by atomic mass is 9.93. The average Bonchev–Trinajstić information content (AvgIpc) is 2.30. The summed E-state index contributed by atoms with van der Waals surface area (Å²) in [5.41, 5.74) is 2.41. The van der Waals surface area contributed by atoms with Crippen molar-refractivity contribution in [1.29, 1.82) is 0 Å². The lowest BCUT2D eigenvalue weighted by Gasteiger charge is -2.11. The average molecular weight is 213 g/mol. The van der Waals surface area contributed by atoms with Gasteiger partial charge in [-0.15, -0.1) is 0 Å². The molecular weight excluding hydrogens is 204 g/mol. The van der Waals surface area contributed by atoms with Gasteiger partial charge in [-0.2, -0.15) is 0 Å². The van der Waals surface area contributed by atoms with Crippen LogP contribution in [0, 0.1) is 0 Å². The van der Waals surface area contributed by atoms with Crippen molar-refractivity contribution < 1.29 is 4.79 Å². The van der Waals surface area contributed by atoms with Crippen molar-refractivity contribution in [2.75, 3.05) is 0 Å². The Labute approximate surface area is 94.1 Å². The van der Waals surface area contributed by atoms with Gasteiger partial charge >= 0.3 is 0 Å². The Morgan fingerprint density at radius 2 is 1.93 bits per heavy atom. The van der Waals surface area contributed by atoms with E-state index in [-0.39, 0.29) is 0 Å². The number of thiocarbonyl (C=S) groups is 1. The number of benzene rings is 1. The lowest BCUT2D eigenvalue weighted by molar-refractivity contribution is 0.563. The Morgan fingerprint density at radius 3 is 2.60 bits per heavy atom. The van der Waals surface area contributed by atoms with Crippen LogP contribution in [-0.2, 0) is 4.79 Å². The van der Waals surface area contributed by atoms with Crippen molar-refractivity contribution in [3.05, 3.63) is 53.6 Å². The van der Waals surface area contributed by atoms with E-state index in [0.717, 1.165) is 11.1 Å². The molecule has 0 spiro atoms. The zero-order valence-corrected chi connectivity index (χ0v) is 8.88. The molecule has 1 aromatic rings.